The molecule has 0 aliphatic rings. The second kappa shape index (κ2) is 4.24. The van der Waals surface area contributed by atoms with Gasteiger partial charge in [-0.15, -0.1) is 0 Å². The number of aliphatic hydroxyl groups excluding tert-OH is 1. The Kier molecular flexibility index (Phi) is 2.56. The third kappa shape index (κ3) is 1.87. The molecule has 0 amide bonds. The van der Waals surface area contributed by atoms with Crippen LogP contribution in [0.15, 0.2) is 55.2 Å². The van der Waals surface area contributed by atoms with Gasteiger partial charge >= 0.3 is 0 Å². The van der Waals surface area contributed by atoms with Gasteiger partial charge in [-0.1, -0.05) is 18.7 Å². The van der Waals surface area contributed by atoms with E-state index in [4.69, 9.17) is 0 Å². The SMILES string of the molecule is C=C(O)c1cccc2c1cnn2-c1ccc(F)cc1. The zero-order chi connectivity index (χ0) is 13.4. The summed E-state index contributed by atoms with van der Waals surface area (Å²) >= 11 is 0. The maximum atomic E-state index is 12.9. The Balaban J connectivity index is 2.24. The van der Waals surface area contributed by atoms with E-state index in [2.05, 4.69) is 11.7 Å². The zero-order valence-electron chi connectivity index (χ0n) is 10.0. The second-order valence-corrected chi connectivity index (χ2v) is 4.22. The average Bonchev–Trinajstić information content (AvgIpc) is 2.83. The second-order valence-electron chi connectivity index (χ2n) is 4.22. The van der Waals surface area contributed by atoms with Crippen LogP contribution in [-0.2, 0) is 0 Å². The Bertz CT molecular complexity index is 759. The van der Waals surface area contributed by atoms with Crippen molar-refractivity contribution in [2.75, 3.05) is 0 Å². The van der Waals surface area contributed by atoms with E-state index in [0.717, 1.165) is 16.6 Å². The minimum atomic E-state index is -0.287. The van der Waals surface area contributed by atoms with Gasteiger partial charge in [0, 0.05) is 10.9 Å². The quantitative estimate of drug-likeness (QED) is 0.708. The molecule has 0 unspecified atom stereocenters. The number of halogens is 1. The third-order valence-electron chi connectivity index (χ3n) is 3.00. The van der Waals surface area contributed by atoms with Crippen LogP contribution in [0.3, 0.4) is 0 Å². The predicted molar refractivity (Wildman–Crippen MR) is 72.7 cm³/mol. The highest BCUT2D eigenvalue weighted by Crippen LogP contribution is 2.24. The Hall–Kier alpha value is -2.62. The van der Waals surface area contributed by atoms with Gasteiger partial charge in [0.2, 0.25) is 0 Å². The molecule has 0 fully saturated rings. The molecule has 0 spiro atoms. The summed E-state index contributed by atoms with van der Waals surface area (Å²) in [4.78, 5) is 0. The number of benzene rings is 2. The van der Waals surface area contributed by atoms with Crippen LogP contribution in [0.25, 0.3) is 22.3 Å². The maximum absolute atomic E-state index is 12.9. The largest absolute Gasteiger partial charge is 0.508 e. The van der Waals surface area contributed by atoms with E-state index in [1.165, 1.54) is 12.1 Å². The number of hydrogen-bond donors (Lipinski definition) is 1. The number of hydrogen-bond acceptors (Lipinski definition) is 2. The number of fused-ring (bicyclic) bond motifs is 1. The van der Waals surface area contributed by atoms with Crippen molar-refractivity contribution in [3.05, 3.63) is 66.6 Å². The first-order chi connectivity index (χ1) is 9.16. The molecule has 0 saturated carbocycles. The molecule has 3 aromatic rings. The van der Waals surface area contributed by atoms with Gasteiger partial charge < -0.3 is 5.11 Å². The fourth-order valence-electron chi connectivity index (χ4n) is 2.09. The lowest BCUT2D eigenvalue weighted by Crippen LogP contribution is -1.95. The van der Waals surface area contributed by atoms with Crippen molar-refractivity contribution < 1.29 is 9.50 Å². The number of aliphatic hydroxyl groups is 1. The van der Waals surface area contributed by atoms with Gasteiger partial charge in [0.05, 0.1) is 17.4 Å². The van der Waals surface area contributed by atoms with Gasteiger partial charge in [-0.2, -0.15) is 5.10 Å². The fourth-order valence-corrected chi connectivity index (χ4v) is 2.09. The molecule has 0 bridgehead atoms. The van der Waals surface area contributed by atoms with Crippen molar-refractivity contribution in [1.82, 2.24) is 9.78 Å². The number of aromatic nitrogens is 2. The minimum Gasteiger partial charge on any atom is -0.508 e. The van der Waals surface area contributed by atoms with E-state index in [9.17, 15) is 9.50 Å². The summed E-state index contributed by atoms with van der Waals surface area (Å²) < 4.78 is 14.6. The highest BCUT2D eigenvalue weighted by Gasteiger charge is 2.09. The Morgan fingerprint density at radius 1 is 1.16 bits per heavy atom. The van der Waals surface area contributed by atoms with Crippen LogP contribution >= 0.6 is 0 Å². The molecule has 1 aromatic heterocycles. The molecule has 19 heavy (non-hydrogen) atoms. The molecule has 0 saturated heterocycles. The van der Waals surface area contributed by atoms with Gasteiger partial charge in [-0.05, 0) is 30.3 Å². The summed E-state index contributed by atoms with van der Waals surface area (Å²) in [5.74, 6) is -0.283. The molecule has 4 heteroatoms. The normalized spacial score (nSPS) is 10.8. The highest BCUT2D eigenvalue weighted by molar-refractivity contribution is 5.90. The summed E-state index contributed by atoms with van der Waals surface area (Å²) in [6.07, 6.45) is 1.66. The minimum absolute atomic E-state index is 0.00394. The molecular weight excluding hydrogens is 243 g/mol. The van der Waals surface area contributed by atoms with Crippen molar-refractivity contribution >= 4 is 16.7 Å². The first-order valence-electron chi connectivity index (χ1n) is 5.78. The van der Waals surface area contributed by atoms with Crippen molar-refractivity contribution in [2.45, 2.75) is 0 Å². The van der Waals surface area contributed by atoms with Crippen molar-refractivity contribution in [2.24, 2.45) is 0 Å². The summed E-state index contributed by atoms with van der Waals surface area (Å²) in [5.41, 5.74) is 2.24. The van der Waals surface area contributed by atoms with E-state index in [-0.39, 0.29) is 11.6 Å². The molecule has 2 aromatic carbocycles. The van der Waals surface area contributed by atoms with Crippen LogP contribution in [0.5, 0.6) is 0 Å². The monoisotopic (exact) mass is 254 g/mol. The van der Waals surface area contributed by atoms with Gasteiger partial charge in [0.15, 0.2) is 0 Å². The summed E-state index contributed by atoms with van der Waals surface area (Å²) in [5, 5.41) is 14.6. The lowest BCUT2D eigenvalue weighted by molar-refractivity contribution is 0.514. The molecule has 0 radical (unpaired) electrons. The van der Waals surface area contributed by atoms with E-state index in [1.54, 1.807) is 29.1 Å². The molecular formula is C15H11FN2O. The third-order valence-corrected chi connectivity index (χ3v) is 3.00. The predicted octanol–water partition coefficient (Wildman–Crippen LogP) is 3.69. The van der Waals surface area contributed by atoms with Gasteiger partial charge in [0.25, 0.3) is 0 Å². The van der Waals surface area contributed by atoms with Gasteiger partial charge in [-0.3, -0.25) is 0 Å². The molecule has 94 valence electrons. The molecule has 1 heterocycles. The average molecular weight is 254 g/mol. The molecule has 3 rings (SSSR count). The van der Waals surface area contributed by atoms with Crippen LogP contribution in [0, 0.1) is 5.82 Å². The van der Waals surface area contributed by atoms with Gasteiger partial charge in [0.1, 0.15) is 11.6 Å². The first-order valence-corrected chi connectivity index (χ1v) is 5.78. The van der Waals surface area contributed by atoms with Crippen LogP contribution in [0.1, 0.15) is 5.56 Å². The molecule has 3 nitrogen and oxygen atoms in total. The molecule has 0 aliphatic carbocycles. The van der Waals surface area contributed by atoms with Crippen molar-refractivity contribution in [1.29, 1.82) is 0 Å². The lowest BCUT2D eigenvalue weighted by Gasteiger charge is -2.04. The molecule has 0 aliphatic heterocycles. The van der Waals surface area contributed by atoms with Crippen molar-refractivity contribution in [3.63, 3.8) is 0 Å². The van der Waals surface area contributed by atoms with Crippen LogP contribution < -0.4 is 0 Å². The topological polar surface area (TPSA) is 38.1 Å². The van der Waals surface area contributed by atoms with E-state index < -0.39 is 0 Å². The Morgan fingerprint density at radius 2 is 1.89 bits per heavy atom. The van der Waals surface area contributed by atoms with Crippen LogP contribution in [0.4, 0.5) is 4.39 Å². The Morgan fingerprint density at radius 3 is 2.58 bits per heavy atom. The lowest BCUT2D eigenvalue weighted by atomic mass is 10.1. The zero-order valence-corrected chi connectivity index (χ0v) is 10.0. The highest BCUT2D eigenvalue weighted by atomic mass is 19.1. The Labute approximate surface area is 109 Å². The summed E-state index contributed by atoms with van der Waals surface area (Å²) in [7, 11) is 0. The van der Waals surface area contributed by atoms with E-state index in [1.807, 2.05) is 12.1 Å². The first kappa shape index (κ1) is 11.5. The maximum Gasteiger partial charge on any atom is 0.123 e. The fraction of sp³-hybridized carbons (Fsp3) is 0. The number of rotatable bonds is 2. The molecule has 0 atom stereocenters. The summed E-state index contributed by atoms with van der Waals surface area (Å²) in [6, 6.07) is 11.6. The standard InChI is InChI=1S/C15H11FN2O/c1-10(19)13-3-2-4-15-14(13)9-17-18(15)12-7-5-11(16)6-8-12/h2-9,19H,1H2. The van der Waals surface area contributed by atoms with E-state index >= 15 is 0 Å². The number of nitrogens with zero attached hydrogens (tertiary/aromatic N) is 2. The smallest absolute Gasteiger partial charge is 0.123 e. The molecule has 1 N–H and O–H groups in total. The van der Waals surface area contributed by atoms with Gasteiger partial charge in [-0.25, -0.2) is 9.07 Å². The summed E-state index contributed by atoms with van der Waals surface area (Å²) in [6.45, 7) is 3.54. The van der Waals surface area contributed by atoms with Crippen molar-refractivity contribution in [3.8, 4) is 5.69 Å². The van der Waals surface area contributed by atoms with Crippen LogP contribution in [0.2, 0.25) is 0 Å². The van der Waals surface area contributed by atoms with Crippen LogP contribution in [-0.4, -0.2) is 14.9 Å². The van der Waals surface area contributed by atoms with E-state index in [0.29, 0.717) is 5.56 Å².